The van der Waals surface area contributed by atoms with Gasteiger partial charge in [-0.25, -0.2) is 9.59 Å². The van der Waals surface area contributed by atoms with Crippen molar-refractivity contribution in [3.8, 4) is 0 Å². The summed E-state index contributed by atoms with van der Waals surface area (Å²) in [6.45, 7) is 12.2. The Kier molecular flexibility index (Phi) is 38.2. The maximum absolute atomic E-state index is 12.1. The third-order valence-corrected chi connectivity index (χ3v) is 6.74. The fraction of sp³-hybridized carbons (Fsp3) is 0.935. The maximum Gasteiger partial charge on any atom is 0.314 e. The first kappa shape index (κ1) is 48.0. The molecule has 0 aromatic heterocycles. The molecule has 0 fully saturated rings. The molecule has 19 nitrogen and oxygen atoms in total. The topological polar surface area (TPSA) is 240 Å². The normalized spacial score (nSPS) is 11.9. The second-order valence-electron chi connectivity index (χ2n) is 11.0. The average Bonchev–Trinajstić information content (AvgIpc) is 3.11. The Morgan fingerprint density at radius 3 is 1.40 bits per heavy atom. The number of nitrogens with one attached hydrogen (secondary N) is 8. The molecule has 0 heterocycles. The van der Waals surface area contributed by atoms with Crippen LogP contribution in [0.5, 0.6) is 0 Å². The minimum Gasteiger partial charge on any atom is -0.395 e. The zero-order valence-electron chi connectivity index (χ0n) is 30.3. The van der Waals surface area contributed by atoms with Crippen molar-refractivity contribution in [1.29, 1.82) is 0 Å². The molecule has 11 N–H and O–H groups in total. The van der Waals surface area contributed by atoms with Crippen molar-refractivity contribution in [3.63, 3.8) is 0 Å². The van der Waals surface area contributed by atoms with Gasteiger partial charge in [0.15, 0.2) is 6.35 Å². The van der Waals surface area contributed by atoms with E-state index in [0.717, 1.165) is 38.9 Å². The Morgan fingerprint density at radius 1 is 0.520 bits per heavy atom. The van der Waals surface area contributed by atoms with Crippen LogP contribution in [0.1, 0.15) is 19.3 Å². The highest BCUT2D eigenvalue weighted by Crippen LogP contribution is 1.97. The van der Waals surface area contributed by atoms with E-state index in [1.807, 2.05) is 0 Å². The van der Waals surface area contributed by atoms with Crippen LogP contribution in [0.3, 0.4) is 0 Å². The smallest absolute Gasteiger partial charge is 0.314 e. The van der Waals surface area contributed by atoms with Crippen LogP contribution in [0.15, 0.2) is 0 Å². The van der Waals surface area contributed by atoms with Gasteiger partial charge in [0.1, 0.15) is 0 Å². The highest BCUT2D eigenvalue weighted by atomic mass is 16.5. The van der Waals surface area contributed by atoms with Gasteiger partial charge in [-0.05, 0) is 45.4 Å². The van der Waals surface area contributed by atoms with Gasteiger partial charge in [0.05, 0.1) is 72.7 Å². The van der Waals surface area contributed by atoms with Gasteiger partial charge < -0.3 is 75.8 Å². The number of carbonyl (C=O) groups excluding carboxylic acids is 2. The van der Waals surface area contributed by atoms with E-state index in [9.17, 15) is 14.7 Å². The molecule has 19 heteroatoms. The minimum atomic E-state index is -0.853. The summed E-state index contributed by atoms with van der Waals surface area (Å²) in [5.74, 6) is 0. The summed E-state index contributed by atoms with van der Waals surface area (Å²) >= 11 is 0. The monoisotopic (exact) mass is 728 g/mol. The summed E-state index contributed by atoms with van der Waals surface area (Å²) in [7, 11) is 1.58. The molecule has 0 rings (SSSR count). The van der Waals surface area contributed by atoms with Crippen molar-refractivity contribution in [3.05, 3.63) is 0 Å². The molecule has 0 aromatic carbocycles. The molecule has 0 radical (unpaired) electrons. The number of nitrogens with zero attached hydrogens (tertiary/aromatic N) is 1. The fourth-order valence-corrected chi connectivity index (χ4v) is 4.20. The Balaban J connectivity index is 4.13. The van der Waals surface area contributed by atoms with Crippen molar-refractivity contribution in [1.82, 2.24) is 47.4 Å². The van der Waals surface area contributed by atoms with Gasteiger partial charge >= 0.3 is 12.1 Å². The van der Waals surface area contributed by atoms with Crippen LogP contribution in [-0.2, 0) is 23.7 Å². The predicted molar refractivity (Wildman–Crippen MR) is 190 cm³/mol. The standard InChI is InChI=1S/C31H69N9O10/c1-46-20-12-37-29(43)34-5-2-15-40(16-3-6-35-30(44)38-13-23-49-27-25-47-21-10-32-8-18-41)17-4-7-36-31(45)39-14-24-50-28-26-48-22-11-33-9-19-42/h30,32-33,35,38,41-42,44H,2-28H2,1H3,(H2,34,37,43)(H2,36,39,45). The molecule has 0 bridgehead atoms. The summed E-state index contributed by atoms with van der Waals surface area (Å²) in [6, 6.07) is -0.472. The number of hydrogen-bond donors (Lipinski definition) is 11. The third kappa shape index (κ3) is 37.3. The number of methoxy groups -OCH3 is 1. The summed E-state index contributed by atoms with van der Waals surface area (Å²) in [4.78, 5) is 26.3. The summed E-state index contributed by atoms with van der Waals surface area (Å²) in [5, 5.41) is 50.9. The van der Waals surface area contributed by atoms with E-state index in [1.165, 1.54) is 0 Å². The van der Waals surface area contributed by atoms with Crippen molar-refractivity contribution in [2.45, 2.75) is 25.6 Å². The van der Waals surface area contributed by atoms with E-state index in [4.69, 9.17) is 33.9 Å². The zero-order valence-corrected chi connectivity index (χ0v) is 30.3. The third-order valence-electron chi connectivity index (χ3n) is 6.74. The molecule has 50 heavy (non-hydrogen) atoms. The van der Waals surface area contributed by atoms with Crippen molar-refractivity contribution in [2.24, 2.45) is 0 Å². The van der Waals surface area contributed by atoms with Crippen LogP contribution >= 0.6 is 0 Å². The molecule has 1 unspecified atom stereocenters. The fourth-order valence-electron chi connectivity index (χ4n) is 4.20. The van der Waals surface area contributed by atoms with Crippen LogP contribution in [0.25, 0.3) is 0 Å². The number of aliphatic hydroxyl groups is 3. The lowest BCUT2D eigenvalue weighted by molar-refractivity contribution is 0.0398. The quantitative estimate of drug-likeness (QED) is 0.0217. The summed E-state index contributed by atoms with van der Waals surface area (Å²) in [6.07, 6.45) is 1.46. The maximum atomic E-state index is 12.1. The summed E-state index contributed by atoms with van der Waals surface area (Å²) in [5.41, 5.74) is 0. The van der Waals surface area contributed by atoms with E-state index >= 15 is 0 Å². The molecule has 0 aliphatic heterocycles. The average molecular weight is 728 g/mol. The highest BCUT2D eigenvalue weighted by molar-refractivity contribution is 5.74. The first-order valence-corrected chi connectivity index (χ1v) is 17.9. The van der Waals surface area contributed by atoms with Gasteiger partial charge in [0.2, 0.25) is 0 Å². The van der Waals surface area contributed by atoms with E-state index < -0.39 is 6.35 Å². The summed E-state index contributed by atoms with van der Waals surface area (Å²) < 4.78 is 26.7. The Hall–Kier alpha value is -1.98. The number of carbonyl (C=O) groups is 2. The number of aliphatic hydroxyl groups excluding tert-OH is 3. The van der Waals surface area contributed by atoms with Crippen LogP contribution in [0.2, 0.25) is 0 Å². The molecule has 298 valence electrons. The molecule has 0 saturated carbocycles. The molecule has 0 aromatic rings. The lowest BCUT2D eigenvalue weighted by Gasteiger charge is -2.23. The van der Waals surface area contributed by atoms with Crippen LogP contribution in [0, 0.1) is 0 Å². The molecular formula is C31H69N9O10. The number of amides is 4. The van der Waals surface area contributed by atoms with Crippen molar-refractivity contribution in [2.75, 3.05) is 165 Å². The zero-order chi connectivity index (χ0) is 36.6. The molecule has 0 saturated heterocycles. The van der Waals surface area contributed by atoms with E-state index in [-0.39, 0.29) is 25.3 Å². The predicted octanol–water partition coefficient (Wildman–Crippen LogP) is -3.61. The van der Waals surface area contributed by atoms with Crippen molar-refractivity contribution < 1.29 is 48.6 Å². The van der Waals surface area contributed by atoms with Crippen LogP contribution in [-0.4, -0.2) is 204 Å². The SMILES string of the molecule is COCCNC(=O)NCCCN(CCCNC(=O)NCCOCCOCCNCCO)CCCNC(O)NCCOCCOCCNCCO. The van der Waals surface area contributed by atoms with Gasteiger partial charge in [-0.15, -0.1) is 0 Å². The first-order chi connectivity index (χ1) is 24.5. The molecule has 0 aliphatic rings. The lowest BCUT2D eigenvalue weighted by Crippen LogP contribution is -2.44. The second kappa shape index (κ2) is 39.8. The number of hydrogen-bond acceptors (Lipinski definition) is 15. The van der Waals surface area contributed by atoms with E-state index in [2.05, 4.69) is 47.4 Å². The minimum absolute atomic E-state index is 0.103. The number of ether oxygens (including phenoxy) is 5. The molecular weight excluding hydrogens is 658 g/mol. The lowest BCUT2D eigenvalue weighted by atomic mass is 10.3. The molecule has 0 aliphatic carbocycles. The van der Waals surface area contributed by atoms with Gasteiger partial charge in [-0.3, -0.25) is 10.6 Å². The highest BCUT2D eigenvalue weighted by Gasteiger charge is 2.08. The molecule has 1 atom stereocenters. The van der Waals surface area contributed by atoms with Gasteiger partial charge in [0.25, 0.3) is 0 Å². The van der Waals surface area contributed by atoms with Gasteiger partial charge in [-0.1, -0.05) is 0 Å². The van der Waals surface area contributed by atoms with Crippen molar-refractivity contribution >= 4 is 12.1 Å². The van der Waals surface area contributed by atoms with E-state index in [0.29, 0.717) is 125 Å². The molecule has 0 spiro atoms. The van der Waals surface area contributed by atoms with Gasteiger partial charge in [0, 0.05) is 66.0 Å². The second-order valence-corrected chi connectivity index (χ2v) is 11.0. The largest absolute Gasteiger partial charge is 0.395 e. The van der Waals surface area contributed by atoms with Crippen LogP contribution in [0.4, 0.5) is 9.59 Å². The number of urea groups is 2. The van der Waals surface area contributed by atoms with E-state index in [1.54, 1.807) is 7.11 Å². The Labute approximate surface area is 298 Å². The van der Waals surface area contributed by atoms with Gasteiger partial charge in [-0.2, -0.15) is 0 Å². The first-order valence-electron chi connectivity index (χ1n) is 17.9. The molecule has 4 amide bonds. The Bertz CT molecular complexity index is 738. The Morgan fingerprint density at radius 2 is 0.920 bits per heavy atom. The van der Waals surface area contributed by atoms with Crippen LogP contribution < -0.4 is 42.5 Å². The number of rotatable bonds is 39.